The normalized spacial score (nSPS) is 21.0. The predicted molar refractivity (Wildman–Crippen MR) is 95.8 cm³/mol. The van der Waals surface area contributed by atoms with Crippen molar-refractivity contribution in [3.05, 3.63) is 35.6 Å². The molecule has 0 spiro atoms. The highest BCUT2D eigenvalue weighted by Crippen LogP contribution is 2.41. The van der Waals surface area contributed by atoms with Crippen LogP contribution in [0, 0.1) is 0 Å². The van der Waals surface area contributed by atoms with Crippen molar-refractivity contribution in [2.75, 3.05) is 7.11 Å². The lowest BCUT2D eigenvalue weighted by molar-refractivity contribution is -0.146. The van der Waals surface area contributed by atoms with E-state index in [1.807, 2.05) is 0 Å². The first-order valence-corrected chi connectivity index (χ1v) is 8.49. The summed E-state index contributed by atoms with van der Waals surface area (Å²) in [6.07, 6.45) is -5.42. The van der Waals surface area contributed by atoms with Gasteiger partial charge in [0.05, 0.1) is 18.3 Å². The fraction of sp³-hybridized carbons (Fsp3) is 0.556. The maximum absolute atomic E-state index is 15.3. The highest BCUT2D eigenvalue weighted by molar-refractivity contribution is 6.55. The molecule has 1 aromatic rings. The minimum absolute atomic E-state index is 0.223. The zero-order chi connectivity index (χ0) is 20.6. The van der Waals surface area contributed by atoms with Crippen molar-refractivity contribution in [3.8, 4) is 5.75 Å². The Labute approximate surface area is 156 Å². The number of halogens is 4. The van der Waals surface area contributed by atoms with Gasteiger partial charge in [0, 0.05) is 0 Å². The van der Waals surface area contributed by atoms with Gasteiger partial charge < -0.3 is 19.8 Å². The Balaban J connectivity index is 2.49. The number of hydrogen-bond donors (Lipinski definition) is 1. The first-order chi connectivity index (χ1) is 12.3. The van der Waals surface area contributed by atoms with Crippen LogP contribution in [0.3, 0.4) is 0 Å². The average molecular weight is 389 g/mol. The molecule has 0 bridgehead atoms. The molecule has 1 atom stereocenters. The van der Waals surface area contributed by atoms with Crippen molar-refractivity contribution in [1.82, 2.24) is 0 Å². The molecule has 150 valence electrons. The van der Waals surface area contributed by atoms with E-state index in [0.29, 0.717) is 5.75 Å². The van der Waals surface area contributed by atoms with Crippen LogP contribution in [0.2, 0.25) is 0 Å². The Bertz CT molecular complexity index is 703. The van der Waals surface area contributed by atoms with Crippen LogP contribution in [0.15, 0.2) is 30.0 Å². The van der Waals surface area contributed by atoms with Crippen molar-refractivity contribution in [3.63, 3.8) is 0 Å². The van der Waals surface area contributed by atoms with Crippen molar-refractivity contribution < 1.29 is 31.6 Å². The summed E-state index contributed by atoms with van der Waals surface area (Å²) in [5.74, 6) is 0.382. The summed E-state index contributed by atoms with van der Waals surface area (Å²) in [5, 5.41) is 0. The molecular formula is C18H24BF4NO3. The van der Waals surface area contributed by atoms with E-state index >= 15 is 4.39 Å². The third kappa shape index (κ3) is 4.64. The average Bonchev–Trinajstić information content (AvgIpc) is 2.78. The molecule has 0 amide bonds. The summed E-state index contributed by atoms with van der Waals surface area (Å²) in [5.41, 5.74) is 2.67. The topological polar surface area (TPSA) is 53.7 Å². The molecule has 1 fully saturated rings. The highest BCUT2D eigenvalue weighted by Gasteiger charge is 2.54. The molecule has 2 N–H and O–H groups in total. The van der Waals surface area contributed by atoms with Gasteiger partial charge in [-0.15, -0.1) is 0 Å². The molecule has 4 nitrogen and oxygen atoms in total. The van der Waals surface area contributed by atoms with Crippen molar-refractivity contribution in [2.45, 2.75) is 57.5 Å². The van der Waals surface area contributed by atoms with Crippen LogP contribution in [-0.2, 0) is 9.31 Å². The zero-order valence-electron chi connectivity index (χ0n) is 16.0. The molecule has 9 heteroatoms. The minimum atomic E-state index is -4.67. The number of ether oxygens (including phenoxy) is 1. The molecule has 27 heavy (non-hydrogen) atoms. The third-order valence-corrected chi connectivity index (χ3v) is 5.01. The van der Waals surface area contributed by atoms with E-state index in [9.17, 15) is 13.2 Å². The first kappa shape index (κ1) is 21.7. The minimum Gasteiger partial charge on any atom is -0.497 e. The van der Waals surface area contributed by atoms with Crippen LogP contribution in [-0.4, -0.2) is 37.6 Å². The van der Waals surface area contributed by atoms with Crippen LogP contribution in [0.5, 0.6) is 5.75 Å². The quantitative estimate of drug-likeness (QED) is 0.603. The third-order valence-electron chi connectivity index (χ3n) is 5.01. The SMILES string of the molecule is COc1cccc(C(CC(N)C(F)(F)F)=C(F)B2OC(C)(C)C(C)(C)O2)c1. The first-order valence-electron chi connectivity index (χ1n) is 8.49. The Hall–Kier alpha value is -1.58. The van der Waals surface area contributed by atoms with Crippen molar-refractivity contribution >= 4 is 12.7 Å². The fourth-order valence-electron chi connectivity index (χ4n) is 2.59. The van der Waals surface area contributed by atoms with Crippen LogP contribution in [0.4, 0.5) is 17.6 Å². The van der Waals surface area contributed by atoms with E-state index in [4.69, 9.17) is 19.8 Å². The Morgan fingerprint density at radius 1 is 1.19 bits per heavy atom. The number of hydrogen-bond acceptors (Lipinski definition) is 4. The van der Waals surface area contributed by atoms with Gasteiger partial charge in [0.15, 0.2) is 0 Å². The van der Waals surface area contributed by atoms with Crippen molar-refractivity contribution in [2.24, 2.45) is 5.73 Å². The lowest BCUT2D eigenvalue weighted by atomic mass is 9.81. The molecule has 1 aliphatic heterocycles. The summed E-state index contributed by atoms with van der Waals surface area (Å²) in [6.45, 7) is 6.92. The van der Waals surface area contributed by atoms with E-state index in [1.54, 1.807) is 39.8 Å². The van der Waals surface area contributed by atoms with Crippen LogP contribution < -0.4 is 10.5 Å². The van der Waals surface area contributed by atoms with Crippen molar-refractivity contribution in [1.29, 1.82) is 0 Å². The Morgan fingerprint density at radius 2 is 1.74 bits per heavy atom. The van der Waals surface area contributed by atoms with Gasteiger partial charge in [-0.2, -0.15) is 13.2 Å². The molecule has 0 saturated carbocycles. The maximum Gasteiger partial charge on any atom is 0.525 e. The monoisotopic (exact) mass is 389 g/mol. The Kier molecular flexibility index (Phi) is 5.99. The van der Waals surface area contributed by atoms with Crippen LogP contribution in [0.1, 0.15) is 39.7 Å². The Morgan fingerprint density at radius 3 is 2.22 bits per heavy atom. The molecule has 1 aliphatic rings. The van der Waals surface area contributed by atoms with E-state index in [0.717, 1.165) is 0 Å². The second-order valence-electron chi connectivity index (χ2n) is 7.50. The largest absolute Gasteiger partial charge is 0.525 e. The fourth-order valence-corrected chi connectivity index (χ4v) is 2.59. The zero-order valence-corrected chi connectivity index (χ0v) is 16.0. The lowest BCUT2D eigenvalue weighted by Gasteiger charge is -2.32. The number of rotatable bonds is 5. The molecular weight excluding hydrogens is 365 g/mol. The van der Waals surface area contributed by atoms with Gasteiger partial charge in [0.25, 0.3) is 0 Å². The highest BCUT2D eigenvalue weighted by atomic mass is 19.4. The molecule has 1 heterocycles. The summed E-state index contributed by atoms with van der Waals surface area (Å²) in [7, 11) is -0.00853. The number of alkyl halides is 3. The van der Waals surface area contributed by atoms with Gasteiger partial charge in [0.2, 0.25) is 0 Å². The van der Waals surface area contributed by atoms with Gasteiger partial charge in [-0.1, -0.05) is 12.1 Å². The number of nitrogens with two attached hydrogens (primary N) is 1. The summed E-state index contributed by atoms with van der Waals surface area (Å²) in [6, 6.07) is 3.88. The molecule has 2 rings (SSSR count). The lowest BCUT2D eigenvalue weighted by Crippen LogP contribution is -2.41. The standard InChI is InChI=1S/C18H24BF4NO3/c1-16(2)17(3,4)27-19(26-16)15(20)13(10-14(24)18(21,22)23)11-7-6-8-12(9-11)25-5/h6-9,14H,10,24H2,1-5H3. The summed E-state index contributed by atoms with van der Waals surface area (Å²) < 4.78 is 70.7. The summed E-state index contributed by atoms with van der Waals surface area (Å²) >= 11 is 0. The van der Waals surface area contributed by atoms with E-state index < -0.39 is 42.7 Å². The molecule has 0 radical (unpaired) electrons. The van der Waals surface area contributed by atoms with Gasteiger partial charge in [0.1, 0.15) is 17.5 Å². The summed E-state index contributed by atoms with van der Waals surface area (Å²) in [4.78, 5) is 0. The maximum atomic E-state index is 15.3. The molecule has 1 aromatic carbocycles. The predicted octanol–water partition coefficient (Wildman–Crippen LogP) is 4.29. The smallest absolute Gasteiger partial charge is 0.497 e. The van der Waals surface area contributed by atoms with E-state index in [1.165, 1.54) is 19.2 Å². The molecule has 0 aliphatic carbocycles. The number of benzene rings is 1. The van der Waals surface area contributed by atoms with Gasteiger partial charge in [-0.25, -0.2) is 4.39 Å². The second-order valence-corrected chi connectivity index (χ2v) is 7.50. The second kappa shape index (κ2) is 7.45. The number of methoxy groups -OCH3 is 1. The van der Waals surface area contributed by atoms with Crippen LogP contribution >= 0.6 is 0 Å². The van der Waals surface area contributed by atoms with E-state index in [-0.39, 0.29) is 11.1 Å². The van der Waals surface area contributed by atoms with E-state index in [2.05, 4.69) is 0 Å². The van der Waals surface area contributed by atoms with Gasteiger partial charge >= 0.3 is 13.3 Å². The molecule has 0 aromatic heterocycles. The van der Waals surface area contributed by atoms with Crippen LogP contribution in [0.25, 0.3) is 5.57 Å². The molecule has 1 saturated heterocycles. The van der Waals surface area contributed by atoms with Gasteiger partial charge in [-0.3, -0.25) is 0 Å². The van der Waals surface area contributed by atoms with Gasteiger partial charge in [-0.05, 0) is 57.4 Å². The molecule has 1 unspecified atom stereocenters.